The van der Waals surface area contributed by atoms with Crippen LogP contribution in [0.25, 0.3) is 0 Å². The first-order chi connectivity index (χ1) is 6.68. The molecule has 2 saturated heterocycles. The van der Waals surface area contributed by atoms with E-state index < -0.39 is 5.97 Å². The van der Waals surface area contributed by atoms with Crippen LogP contribution in [0.5, 0.6) is 0 Å². The van der Waals surface area contributed by atoms with Gasteiger partial charge in [0.2, 0.25) is 5.91 Å². The third-order valence-electron chi connectivity index (χ3n) is 2.90. The van der Waals surface area contributed by atoms with Gasteiger partial charge in [0.05, 0.1) is 12.0 Å². The van der Waals surface area contributed by atoms with Gasteiger partial charge in [-0.1, -0.05) is 0 Å². The Labute approximate surface area is 82.1 Å². The number of likely N-dealkylation sites (tertiary alicyclic amines) is 1. The van der Waals surface area contributed by atoms with E-state index >= 15 is 0 Å². The molecule has 0 radical (unpaired) electrons. The van der Waals surface area contributed by atoms with Crippen LogP contribution >= 0.6 is 0 Å². The molecule has 2 fully saturated rings. The molecule has 0 unspecified atom stereocenters. The number of carboxylic acid groups (broad SMARTS) is 1. The minimum atomic E-state index is -0.798. The summed E-state index contributed by atoms with van der Waals surface area (Å²) in [6.45, 7) is 1.66. The Balaban J connectivity index is 1.81. The van der Waals surface area contributed by atoms with Crippen LogP contribution in [0, 0.1) is 5.92 Å². The van der Waals surface area contributed by atoms with E-state index in [2.05, 4.69) is 5.32 Å². The average Bonchev–Trinajstić information content (AvgIpc) is 2.51. The molecular formula is C9H14N2O3. The number of nitrogens with zero attached hydrogens (tertiary/aromatic N) is 1. The fourth-order valence-corrected chi connectivity index (χ4v) is 1.93. The van der Waals surface area contributed by atoms with Gasteiger partial charge in [-0.2, -0.15) is 0 Å². The lowest BCUT2D eigenvalue weighted by molar-refractivity contribution is -0.153. The first-order valence-corrected chi connectivity index (χ1v) is 4.93. The lowest BCUT2D eigenvalue weighted by Crippen LogP contribution is -2.57. The monoisotopic (exact) mass is 198 g/mol. The Morgan fingerprint density at radius 1 is 1.36 bits per heavy atom. The van der Waals surface area contributed by atoms with Gasteiger partial charge in [-0.05, 0) is 19.4 Å². The molecule has 0 aromatic rings. The van der Waals surface area contributed by atoms with E-state index in [-0.39, 0.29) is 17.9 Å². The van der Waals surface area contributed by atoms with Crippen LogP contribution in [0.1, 0.15) is 12.8 Å². The molecule has 0 aromatic carbocycles. The van der Waals surface area contributed by atoms with Crippen LogP contribution in [-0.4, -0.2) is 47.6 Å². The molecule has 1 atom stereocenters. The van der Waals surface area contributed by atoms with E-state index in [4.69, 9.17) is 5.11 Å². The van der Waals surface area contributed by atoms with Crippen molar-refractivity contribution in [3.8, 4) is 0 Å². The third-order valence-corrected chi connectivity index (χ3v) is 2.90. The SMILES string of the molecule is O=C(O)C1CN(C(=O)[C@H]2CCCN2)C1. The van der Waals surface area contributed by atoms with Crippen LogP contribution in [0.15, 0.2) is 0 Å². The quantitative estimate of drug-likeness (QED) is 0.614. The van der Waals surface area contributed by atoms with Crippen molar-refractivity contribution in [2.24, 2.45) is 5.92 Å². The van der Waals surface area contributed by atoms with Crippen molar-refractivity contribution in [3.63, 3.8) is 0 Å². The smallest absolute Gasteiger partial charge is 0.310 e. The van der Waals surface area contributed by atoms with Gasteiger partial charge in [0.1, 0.15) is 0 Å². The summed E-state index contributed by atoms with van der Waals surface area (Å²) in [6, 6.07) is -0.0651. The van der Waals surface area contributed by atoms with Crippen molar-refractivity contribution in [2.45, 2.75) is 18.9 Å². The van der Waals surface area contributed by atoms with Gasteiger partial charge < -0.3 is 15.3 Å². The normalized spacial score (nSPS) is 27.4. The first-order valence-electron chi connectivity index (χ1n) is 4.93. The van der Waals surface area contributed by atoms with Crippen molar-refractivity contribution in [1.82, 2.24) is 10.2 Å². The number of hydrogen-bond acceptors (Lipinski definition) is 3. The maximum atomic E-state index is 11.7. The molecule has 2 rings (SSSR count). The molecule has 2 N–H and O–H groups in total. The number of aliphatic carboxylic acids is 1. The summed E-state index contributed by atoms with van der Waals surface area (Å²) >= 11 is 0. The molecule has 5 nitrogen and oxygen atoms in total. The predicted octanol–water partition coefficient (Wildman–Crippen LogP) is -0.719. The minimum absolute atomic E-state index is 0.0651. The lowest BCUT2D eigenvalue weighted by Gasteiger charge is -2.38. The maximum Gasteiger partial charge on any atom is 0.310 e. The Morgan fingerprint density at radius 3 is 2.57 bits per heavy atom. The topological polar surface area (TPSA) is 69.6 Å². The number of carbonyl (C=O) groups excluding carboxylic acids is 1. The molecule has 2 heterocycles. The van der Waals surface area contributed by atoms with Gasteiger partial charge in [-0.3, -0.25) is 9.59 Å². The van der Waals surface area contributed by atoms with Gasteiger partial charge in [0.25, 0.3) is 0 Å². The summed E-state index contributed by atoms with van der Waals surface area (Å²) in [5, 5.41) is 11.8. The molecule has 0 aliphatic carbocycles. The van der Waals surface area contributed by atoms with Crippen LogP contribution in [0.4, 0.5) is 0 Å². The highest BCUT2D eigenvalue weighted by atomic mass is 16.4. The van der Waals surface area contributed by atoms with E-state index in [0.717, 1.165) is 19.4 Å². The molecule has 78 valence electrons. The standard InChI is InChI=1S/C9H14N2O3/c12-8(7-2-1-3-10-7)11-4-6(5-11)9(13)14/h6-7,10H,1-5H2,(H,13,14)/t7-/m1/s1. The molecule has 14 heavy (non-hydrogen) atoms. The molecule has 2 aliphatic heterocycles. The van der Waals surface area contributed by atoms with E-state index in [1.54, 1.807) is 4.90 Å². The third kappa shape index (κ3) is 1.59. The average molecular weight is 198 g/mol. The highest BCUT2D eigenvalue weighted by Crippen LogP contribution is 2.19. The zero-order valence-electron chi connectivity index (χ0n) is 7.90. The zero-order valence-corrected chi connectivity index (χ0v) is 7.90. The Morgan fingerprint density at radius 2 is 2.07 bits per heavy atom. The van der Waals surface area contributed by atoms with Crippen LogP contribution < -0.4 is 5.32 Å². The number of rotatable bonds is 2. The number of nitrogens with one attached hydrogen (secondary N) is 1. The summed E-state index contributed by atoms with van der Waals surface area (Å²) in [5.41, 5.74) is 0. The number of carboxylic acids is 1. The van der Waals surface area contributed by atoms with Gasteiger partial charge in [-0.15, -0.1) is 0 Å². The molecule has 0 saturated carbocycles. The number of amides is 1. The van der Waals surface area contributed by atoms with E-state index in [1.807, 2.05) is 0 Å². The largest absolute Gasteiger partial charge is 0.481 e. The van der Waals surface area contributed by atoms with Gasteiger partial charge in [-0.25, -0.2) is 0 Å². The lowest BCUT2D eigenvalue weighted by atomic mass is 9.99. The van der Waals surface area contributed by atoms with Gasteiger partial charge in [0.15, 0.2) is 0 Å². The van der Waals surface area contributed by atoms with Gasteiger partial charge >= 0.3 is 5.97 Å². The fraction of sp³-hybridized carbons (Fsp3) is 0.778. The Bertz CT molecular complexity index is 255. The molecule has 5 heteroatoms. The fourth-order valence-electron chi connectivity index (χ4n) is 1.93. The minimum Gasteiger partial charge on any atom is -0.481 e. The molecule has 0 spiro atoms. The Hall–Kier alpha value is -1.10. The number of hydrogen-bond donors (Lipinski definition) is 2. The van der Waals surface area contributed by atoms with E-state index in [9.17, 15) is 9.59 Å². The predicted molar refractivity (Wildman–Crippen MR) is 48.7 cm³/mol. The second-order valence-corrected chi connectivity index (χ2v) is 3.93. The van der Waals surface area contributed by atoms with Crippen molar-refractivity contribution in [3.05, 3.63) is 0 Å². The van der Waals surface area contributed by atoms with Crippen molar-refractivity contribution in [2.75, 3.05) is 19.6 Å². The second kappa shape index (κ2) is 3.57. The summed E-state index contributed by atoms with van der Waals surface area (Å²) in [5.74, 6) is -1.08. The molecule has 2 aliphatic rings. The summed E-state index contributed by atoms with van der Waals surface area (Å²) < 4.78 is 0. The summed E-state index contributed by atoms with van der Waals surface area (Å²) in [4.78, 5) is 23.8. The first kappa shape index (κ1) is 9.45. The van der Waals surface area contributed by atoms with E-state index in [0.29, 0.717) is 13.1 Å². The zero-order chi connectivity index (χ0) is 10.1. The second-order valence-electron chi connectivity index (χ2n) is 3.93. The summed E-state index contributed by atoms with van der Waals surface area (Å²) in [6.07, 6.45) is 1.92. The van der Waals surface area contributed by atoms with Crippen LogP contribution in [0.3, 0.4) is 0 Å². The molecular weight excluding hydrogens is 184 g/mol. The highest BCUT2D eigenvalue weighted by Gasteiger charge is 2.38. The molecule has 0 bridgehead atoms. The van der Waals surface area contributed by atoms with E-state index in [1.165, 1.54) is 0 Å². The van der Waals surface area contributed by atoms with Crippen LogP contribution in [-0.2, 0) is 9.59 Å². The number of carbonyl (C=O) groups is 2. The van der Waals surface area contributed by atoms with Crippen molar-refractivity contribution < 1.29 is 14.7 Å². The molecule has 1 amide bonds. The summed E-state index contributed by atoms with van der Waals surface area (Å²) in [7, 11) is 0. The highest BCUT2D eigenvalue weighted by molar-refractivity contribution is 5.85. The van der Waals surface area contributed by atoms with Crippen LogP contribution in [0.2, 0.25) is 0 Å². The maximum absolute atomic E-state index is 11.7. The Kier molecular flexibility index (Phi) is 2.41. The van der Waals surface area contributed by atoms with Gasteiger partial charge in [0, 0.05) is 13.1 Å². The van der Waals surface area contributed by atoms with Crippen molar-refractivity contribution in [1.29, 1.82) is 0 Å². The molecule has 0 aromatic heterocycles. The van der Waals surface area contributed by atoms with Crippen molar-refractivity contribution >= 4 is 11.9 Å².